The molecule has 0 fully saturated rings. The molecule has 0 amide bonds. The summed E-state index contributed by atoms with van der Waals surface area (Å²) in [7, 11) is 0. The van der Waals surface area contributed by atoms with Gasteiger partial charge < -0.3 is 9.32 Å². The second-order valence-electron chi connectivity index (χ2n) is 14.8. The van der Waals surface area contributed by atoms with E-state index in [-0.39, 0.29) is 0 Å². The summed E-state index contributed by atoms with van der Waals surface area (Å²) < 4.78 is 6.76. The van der Waals surface area contributed by atoms with Crippen LogP contribution in [0.3, 0.4) is 0 Å². The number of para-hydroxylation sites is 1. The van der Waals surface area contributed by atoms with Gasteiger partial charge in [-0.05, 0) is 76.2 Å². The highest BCUT2D eigenvalue weighted by atomic mass is 16.3. The maximum Gasteiger partial charge on any atom is 0.164 e. The summed E-state index contributed by atoms with van der Waals surface area (Å²) in [6.45, 7) is 0. The average Bonchev–Trinajstić information content (AvgIpc) is 3.72. The van der Waals surface area contributed by atoms with Crippen molar-refractivity contribution in [2.45, 2.75) is 0 Å². The molecule has 9 aromatic carbocycles. The maximum absolute atomic E-state index is 6.76. The molecule has 5 heteroatoms. The van der Waals surface area contributed by atoms with Crippen LogP contribution < -0.4 is 4.90 Å². The predicted octanol–water partition coefficient (Wildman–Crippen LogP) is 14.7. The quantitative estimate of drug-likeness (QED) is 0.154. The van der Waals surface area contributed by atoms with Crippen LogP contribution in [0.25, 0.3) is 89.1 Å². The van der Waals surface area contributed by atoms with Crippen molar-refractivity contribution in [2.24, 2.45) is 0 Å². The van der Waals surface area contributed by atoms with Gasteiger partial charge in [0.2, 0.25) is 0 Å². The molecule has 0 radical (unpaired) electrons. The van der Waals surface area contributed by atoms with E-state index in [1.807, 2.05) is 66.7 Å². The molecule has 0 aliphatic heterocycles. The zero-order valence-electron chi connectivity index (χ0n) is 32.5. The summed E-state index contributed by atoms with van der Waals surface area (Å²) in [5, 5.41) is 4.06. The van der Waals surface area contributed by atoms with Crippen molar-refractivity contribution in [1.82, 2.24) is 15.0 Å². The number of fused-ring (bicyclic) bond motifs is 5. The van der Waals surface area contributed by atoms with Gasteiger partial charge in [0.25, 0.3) is 0 Å². The van der Waals surface area contributed by atoms with Gasteiger partial charge in [-0.3, -0.25) is 0 Å². The Bertz CT molecular complexity index is 3220. The second kappa shape index (κ2) is 15.0. The molecule has 0 spiro atoms. The van der Waals surface area contributed by atoms with Crippen LogP contribution in [0.5, 0.6) is 0 Å². The fourth-order valence-corrected chi connectivity index (χ4v) is 8.25. The topological polar surface area (TPSA) is 55.1 Å². The standard InChI is InChI=1S/C55H36N4O/c1-5-16-37(17-6-1)38-28-32-43(33-29-38)59(42-22-11-4-12-23-42)44-34-30-39(31-35-44)45-26-15-27-50-51(45)49-36-48(46-24-13-14-25-47(46)52(49)60-50)55-57-53(40-18-7-2-8-19-40)56-54(58-55)41-20-9-3-10-21-41/h1-36H. The number of anilines is 3. The minimum atomic E-state index is 0.606. The minimum absolute atomic E-state index is 0.606. The van der Waals surface area contributed by atoms with Gasteiger partial charge in [0, 0.05) is 49.9 Å². The highest BCUT2D eigenvalue weighted by molar-refractivity contribution is 6.22. The lowest BCUT2D eigenvalue weighted by atomic mass is 9.95. The van der Waals surface area contributed by atoms with Crippen molar-refractivity contribution in [3.05, 3.63) is 218 Å². The van der Waals surface area contributed by atoms with Crippen LogP contribution in [-0.2, 0) is 0 Å². The lowest BCUT2D eigenvalue weighted by Gasteiger charge is -2.26. The number of aromatic nitrogens is 3. The Morgan fingerprint density at radius 3 is 1.38 bits per heavy atom. The van der Waals surface area contributed by atoms with E-state index in [0.29, 0.717) is 17.5 Å². The summed E-state index contributed by atoms with van der Waals surface area (Å²) in [6, 6.07) is 75.7. The number of benzene rings is 9. The third-order valence-electron chi connectivity index (χ3n) is 11.1. The van der Waals surface area contributed by atoms with Gasteiger partial charge in [-0.1, -0.05) is 170 Å². The van der Waals surface area contributed by atoms with Crippen LogP contribution in [0, 0.1) is 0 Å². The summed E-state index contributed by atoms with van der Waals surface area (Å²) in [6.07, 6.45) is 0. The van der Waals surface area contributed by atoms with E-state index in [1.54, 1.807) is 0 Å². The molecule has 0 bridgehead atoms. The molecule has 0 saturated carbocycles. The number of rotatable bonds is 8. The fourth-order valence-electron chi connectivity index (χ4n) is 8.25. The zero-order chi connectivity index (χ0) is 39.8. The van der Waals surface area contributed by atoms with Crippen LogP contribution in [0.15, 0.2) is 223 Å². The van der Waals surface area contributed by atoms with Gasteiger partial charge in [-0.25, -0.2) is 15.0 Å². The van der Waals surface area contributed by atoms with E-state index in [9.17, 15) is 0 Å². The highest BCUT2D eigenvalue weighted by Crippen LogP contribution is 2.44. The Balaban J connectivity index is 1.05. The normalized spacial score (nSPS) is 11.3. The molecular weight excluding hydrogens is 733 g/mol. The first kappa shape index (κ1) is 35.0. The minimum Gasteiger partial charge on any atom is -0.455 e. The van der Waals surface area contributed by atoms with Crippen molar-refractivity contribution in [3.8, 4) is 56.4 Å². The van der Waals surface area contributed by atoms with E-state index in [0.717, 1.165) is 77.6 Å². The molecule has 2 heterocycles. The molecule has 60 heavy (non-hydrogen) atoms. The van der Waals surface area contributed by atoms with Crippen LogP contribution in [0.1, 0.15) is 0 Å². The molecule has 2 aromatic heterocycles. The molecule has 0 atom stereocenters. The largest absolute Gasteiger partial charge is 0.455 e. The van der Waals surface area contributed by atoms with Gasteiger partial charge >= 0.3 is 0 Å². The first-order valence-electron chi connectivity index (χ1n) is 20.1. The monoisotopic (exact) mass is 768 g/mol. The maximum atomic E-state index is 6.76. The Morgan fingerprint density at radius 1 is 0.317 bits per heavy atom. The molecule has 282 valence electrons. The third-order valence-corrected chi connectivity index (χ3v) is 11.1. The molecule has 11 rings (SSSR count). The molecular formula is C55H36N4O. The van der Waals surface area contributed by atoms with E-state index >= 15 is 0 Å². The van der Waals surface area contributed by atoms with Gasteiger partial charge in [0.1, 0.15) is 11.2 Å². The Labute approximate surface area is 347 Å². The molecule has 0 aliphatic carbocycles. The van der Waals surface area contributed by atoms with Crippen LogP contribution in [0.2, 0.25) is 0 Å². The summed E-state index contributed by atoms with van der Waals surface area (Å²) in [5.41, 5.74) is 12.2. The van der Waals surface area contributed by atoms with Crippen LogP contribution in [-0.4, -0.2) is 15.0 Å². The molecule has 0 unspecified atom stereocenters. The first-order valence-corrected chi connectivity index (χ1v) is 20.1. The number of nitrogens with zero attached hydrogens (tertiary/aromatic N) is 4. The van der Waals surface area contributed by atoms with Crippen LogP contribution >= 0.6 is 0 Å². The van der Waals surface area contributed by atoms with E-state index in [4.69, 9.17) is 19.4 Å². The second-order valence-corrected chi connectivity index (χ2v) is 14.8. The molecule has 5 nitrogen and oxygen atoms in total. The summed E-state index contributed by atoms with van der Waals surface area (Å²) in [5.74, 6) is 1.85. The fraction of sp³-hybridized carbons (Fsp3) is 0. The SMILES string of the molecule is c1ccc(-c2ccc(N(c3ccccc3)c3ccc(-c4cccc5oc6c7ccccc7c(-c7nc(-c8ccccc8)nc(-c8ccccc8)n7)cc6c45)cc3)cc2)cc1. The van der Waals surface area contributed by atoms with Gasteiger partial charge in [-0.15, -0.1) is 0 Å². The van der Waals surface area contributed by atoms with Crippen molar-refractivity contribution >= 4 is 49.8 Å². The van der Waals surface area contributed by atoms with Gasteiger partial charge in [0.05, 0.1) is 0 Å². The molecule has 0 N–H and O–H groups in total. The number of furan rings is 1. The smallest absolute Gasteiger partial charge is 0.164 e. The van der Waals surface area contributed by atoms with Gasteiger partial charge in [0.15, 0.2) is 17.5 Å². The van der Waals surface area contributed by atoms with E-state index < -0.39 is 0 Å². The first-order chi connectivity index (χ1) is 29.7. The third kappa shape index (κ3) is 6.35. The Hall–Kier alpha value is -8.15. The van der Waals surface area contributed by atoms with Crippen molar-refractivity contribution in [3.63, 3.8) is 0 Å². The number of hydrogen-bond acceptors (Lipinski definition) is 5. The van der Waals surface area contributed by atoms with Crippen molar-refractivity contribution in [1.29, 1.82) is 0 Å². The van der Waals surface area contributed by atoms with Crippen LogP contribution in [0.4, 0.5) is 17.1 Å². The molecule has 0 saturated heterocycles. The summed E-state index contributed by atoms with van der Waals surface area (Å²) in [4.78, 5) is 17.5. The van der Waals surface area contributed by atoms with Crippen molar-refractivity contribution < 1.29 is 4.42 Å². The zero-order valence-corrected chi connectivity index (χ0v) is 32.5. The Morgan fingerprint density at radius 2 is 0.783 bits per heavy atom. The van der Waals surface area contributed by atoms with Gasteiger partial charge in [-0.2, -0.15) is 0 Å². The molecule has 0 aliphatic rings. The molecule has 11 aromatic rings. The van der Waals surface area contributed by atoms with E-state index in [2.05, 4.69) is 157 Å². The predicted molar refractivity (Wildman–Crippen MR) is 246 cm³/mol. The lowest BCUT2D eigenvalue weighted by molar-refractivity contribution is 0.673. The summed E-state index contributed by atoms with van der Waals surface area (Å²) >= 11 is 0. The highest BCUT2D eigenvalue weighted by Gasteiger charge is 2.21. The average molecular weight is 769 g/mol. The number of hydrogen-bond donors (Lipinski definition) is 0. The van der Waals surface area contributed by atoms with Crippen molar-refractivity contribution in [2.75, 3.05) is 4.90 Å². The van der Waals surface area contributed by atoms with E-state index in [1.165, 1.54) is 11.1 Å². The Kier molecular flexibility index (Phi) is 8.75. The lowest BCUT2D eigenvalue weighted by Crippen LogP contribution is -2.09.